The maximum Gasteiger partial charge on any atom is 0.306 e. The van der Waals surface area contributed by atoms with E-state index in [0.717, 1.165) is 83.5 Å². The molecule has 3 unspecified atom stereocenters. The lowest BCUT2D eigenvalue weighted by molar-refractivity contribution is -0.151. The van der Waals surface area contributed by atoms with Crippen molar-refractivity contribution in [2.45, 2.75) is 251 Å². The lowest BCUT2D eigenvalue weighted by Crippen LogP contribution is -2.46. The van der Waals surface area contributed by atoms with Gasteiger partial charge in [-0.25, -0.2) is 0 Å². The van der Waals surface area contributed by atoms with Crippen LogP contribution in [-0.2, 0) is 14.3 Å². The minimum Gasteiger partial charge on any atom is -0.462 e. The van der Waals surface area contributed by atoms with Gasteiger partial charge in [0.05, 0.1) is 25.2 Å². The molecule has 3 atom stereocenters. The van der Waals surface area contributed by atoms with Crippen LogP contribution in [0.2, 0.25) is 0 Å². The van der Waals surface area contributed by atoms with Gasteiger partial charge in [0.25, 0.3) is 0 Å². The molecule has 0 heterocycles. The molecule has 0 aromatic carbocycles. The highest BCUT2D eigenvalue weighted by atomic mass is 16.5. The number of rotatable bonds is 43. The van der Waals surface area contributed by atoms with E-state index in [1.165, 1.54) is 103 Å². The summed E-state index contributed by atoms with van der Waals surface area (Å²) < 4.78 is 5.89. The molecule has 6 nitrogen and oxygen atoms in total. The standard InChI is InChI=1S/C52H93NO5/c1-4-7-10-13-16-19-21-23-24-25-26-27-29-31-33-36-39-42-45-52(57)58-48(43-40-37-34-18-15-12-9-6-3)46-51(56)53-49(47-54)50(55)44-41-38-35-32-30-28-22-20-17-14-11-8-5-2/h10,13,16,19,21,23-27,48-50,54-55H,4-9,11-12,14-15,17-18,20,22,28-47H2,1-3H3,(H,53,56)/b13-10+,19-16+,23-21+,25-24+,27-26+. The summed E-state index contributed by atoms with van der Waals surface area (Å²) in [5, 5.41) is 23.7. The van der Waals surface area contributed by atoms with E-state index in [0.29, 0.717) is 19.3 Å². The van der Waals surface area contributed by atoms with Gasteiger partial charge in [-0.2, -0.15) is 0 Å². The zero-order valence-electron chi connectivity index (χ0n) is 38.2. The van der Waals surface area contributed by atoms with Gasteiger partial charge in [0.15, 0.2) is 0 Å². The fourth-order valence-corrected chi connectivity index (χ4v) is 7.22. The zero-order chi connectivity index (χ0) is 42.4. The smallest absolute Gasteiger partial charge is 0.306 e. The van der Waals surface area contributed by atoms with E-state index in [2.05, 4.69) is 62.5 Å². The number of unbranched alkanes of at least 4 members (excludes halogenated alkanes) is 25. The summed E-state index contributed by atoms with van der Waals surface area (Å²) in [5.74, 6) is -0.504. The molecule has 0 aliphatic carbocycles. The Morgan fingerprint density at radius 2 is 0.914 bits per heavy atom. The number of carbonyl (C=O) groups excluding carboxylic acids is 2. The Balaban J connectivity index is 4.50. The van der Waals surface area contributed by atoms with Crippen molar-refractivity contribution < 1.29 is 24.5 Å². The van der Waals surface area contributed by atoms with Crippen LogP contribution >= 0.6 is 0 Å². The minimum atomic E-state index is -0.791. The quantitative estimate of drug-likeness (QED) is 0.0324. The van der Waals surface area contributed by atoms with Gasteiger partial charge >= 0.3 is 5.97 Å². The molecule has 0 saturated heterocycles. The second-order valence-electron chi connectivity index (χ2n) is 16.6. The lowest BCUT2D eigenvalue weighted by atomic mass is 10.0. The number of aliphatic hydroxyl groups excluding tert-OH is 2. The number of hydrogen-bond acceptors (Lipinski definition) is 5. The van der Waals surface area contributed by atoms with E-state index >= 15 is 0 Å². The van der Waals surface area contributed by atoms with Crippen molar-refractivity contribution in [1.82, 2.24) is 5.32 Å². The van der Waals surface area contributed by atoms with Crippen LogP contribution in [0, 0.1) is 0 Å². The van der Waals surface area contributed by atoms with Crippen LogP contribution in [-0.4, -0.2) is 46.9 Å². The first-order chi connectivity index (χ1) is 28.5. The van der Waals surface area contributed by atoms with Gasteiger partial charge in [-0.3, -0.25) is 9.59 Å². The molecular formula is C52H93NO5. The number of hydrogen-bond donors (Lipinski definition) is 3. The fourth-order valence-electron chi connectivity index (χ4n) is 7.22. The van der Waals surface area contributed by atoms with E-state index in [-0.39, 0.29) is 24.9 Å². The maximum atomic E-state index is 13.1. The maximum absolute atomic E-state index is 13.1. The van der Waals surface area contributed by atoms with Gasteiger partial charge in [0.2, 0.25) is 5.91 Å². The summed E-state index contributed by atoms with van der Waals surface area (Å²) in [4.78, 5) is 26.0. The summed E-state index contributed by atoms with van der Waals surface area (Å²) in [6.07, 6.45) is 55.6. The number of aliphatic hydroxyl groups is 2. The van der Waals surface area contributed by atoms with Crippen LogP contribution in [0.4, 0.5) is 0 Å². The second kappa shape index (κ2) is 45.6. The third-order valence-corrected chi connectivity index (χ3v) is 11.0. The van der Waals surface area contributed by atoms with Crippen molar-refractivity contribution in [3.63, 3.8) is 0 Å². The Labute approximate surface area is 358 Å². The topological polar surface area (TPSA) is 95.9 Å². The fraction of sp³-hybridized carbons (Fsp3) is 0.769. The first kappa shape index (κ1) is 55.6. The molecule has 0 spiro atoms. The molecule has 6 heteroatoms. The van der Waals surface area contributed by atoms with Crippen LogP contribution in [0.25, 0.3) is 0 Å². The summed E-state index contributed by atoms with van der Waals surface area (Å²) in [5.41, 5.74) is 0. The number of nitrogens with one attached hydrogen (secondary N) is 1. The Morgan fingerprint density at radius 3 is 1.40 bits per heavy atom. The molecule has 3 N–H and O–H groups in total. The number of ether oxygens (including phenoxy) is 1. The minimum absolute atomic E-state index is 0.0664. The Bertz CT molecular complexity index is 1050. The molecule has 0 fully saturated rings. The average molecular weight is 812 g/mol. The van der Waals surface area contributed by atoms with Crippen molar-refractivity contribution >= 4 is 11.9 Å². The van der Waals surface area contributed by atoms with Gasteiger partial charge in [-0.1, -0.05) is 236 Å². The molecule has 58 heavy (non-hydrogen) atoms. The third kappa shape index (κ3) is 40.3. The van der Waals surface area contributed by atoms with Gasteiger partial charge in [-0.05, 0) is 44.9 Å². The highest BCUT2D eigenvalue weighted by Gasteiger charge is 2.24. The Hall–Kier alpha value is -2.44. The number of esters is 1. The molecule has 336 valence electrons. The predicted octanol–water partition coefficient (Wildman–Crippen LogP) is 14.5. The largest absolute Gasteiger partial charge is 0.462 e. The first-order valence-electron chi connectivity index (χ1n) is 24.6. The number of amides is 1. The summed E-state index contributed by atoms with van der Waals surface area (Å²) in [6, 6.07) is -0.705. The summed E-state index contributed by atoms with van der Waals surface area (Å²) >= 11 is 0. The van der Waals surface area contributed by atoms with Gasteiger partial charge in [0.1, 0.15) is 6.10 Å². The van der Waals surface area contributed by atoms with Crippen molar-refractivity contribution in [2.75, 3.05) is 6.61 Å². The van der Waals surface area contributed by atoms with Crippen LogP contribution in [0.1, 0.15) is 233 Å². The molecule has 0 aromatic rings. The van der Waals surface area contributed by atoms with Crippen LogP contribution < -0.4 is 5.32 Å². The van der Waals surface area contributed by atoms with E-state index in [9.17, 15) is 19.8 Å². The molecule has 1 amide bonds. The number of allylic oxidation sites excluding steroid dienone is 10. The van der Waals surface area contributed by atoms with E-state index < -0.39 is 18.2 Å². The summed E-state index contributed by atoms with van der Waals surface area (Å²) in [7, 11) is 0. The SMILES string of the molecule is CCC/C=C/C=C/C=C/C=C/C=C/CCCCCCCC(=O)OC(CCCCCCCCCC)CC(=O)NC(CO)C(O)CCCCCCCCCCCCCCC. The molecule has 0 aliphatic rings. The van der Waals surface area contributed by atoms with Crippen molar-refractivity contribution in [2.24, 2.45) is 0 Å². The number of carbonyl (C=O) groups is 2. The molecule has 0 bridgehead atoms. The molecule has 0 radical (unpaired) electrons. The molecular weight excluding hydrogens is 719 g/mol. The Morgan fingerprint density at radius 1 is 0.500 bits per heavy atom. The monoisotopic (exact) mass is 812 g/mol. The molecule has 0 rings (SSSR count). The molecule has 0 aromatic heterocycles. The first-order valence-corrected chi connectivity index (χ1v) is 24.6. The van der Waals surface area contributed by atoms with Gasteiger partial charge in [0, 0.05) is 6.42 Å². The second-order valence-corrected chi connectivity index (χ2v) is 16.6. The lowest BCUT2D eigenvalue weighted by Gasteiger charge is -2.24. The van der Waals surface area contributed by atoms with Crippen molar-refractivity contribution in [1.29, 1.82) is 0 Å². The highest BCUT2D eigenvalue weighted by molar-refractivity contribution is 5.77. The Kier molecular flexibility index (Phi) is 43.7. The molecule has 0 saturated carbocycles. The van der Waals surface area contributed by atoms with E-state index in [1.807, 2.05) is 24.3 Å². The predicted molar refractivity (Wildman–Crippen MR) is 250 cm³/mol. The van der Waals surface area contributed by atoms with E-state index in [4.69, 9.17) is 4.74 Å². The average Bonchev–Trinajstić information content (AvgIpc) is 3.22. The van der Waals surface area contributed by atoms with E-state index in [1.54, 1.807) is 0 Å². The zero-order valence-corrected chi connectivity index (χ0v) is 38.2. The van der Waals surface area contributed by atoms with Crippen LogP contribution in [0.15, 0.2) is 60.8 Å². The van der Waals surface area contributed by atoms with Crippen LogP contribution in [0.5, 0.6) is 0 Å². The van der Waals surface area contributed by atoms with Crippen molar-refractivity contribution in [3.05, 3.63) is 60.8 Å². The van der Waals surface area contributed by atoms with Gasteiger partial charge in [-0.15, -0.1) is 0 Å². The normalized spacial score (nSPS) is 13.8. The van der Waals surface area contributed by atoms with Crippen LogP contribution in [0.3, 0.4) is 0 Å². The highest BCUT2D eigenvalue weighted by Crippen LogP contribution is 2.18. The third-order valence-electron chi connectivity index (χ3n) is 11.0. The van der Waals surface area contributed by atoms with Gasteiger partial charge < -0.3 is 20.3 Å². The van der Waals surface area contributed by atoms with Crippen molar-refractivity contribution in [3.8, 4) is 0 Å². The molecule has 0 aliphatic heterocycles. The summed E-state index contributed by atoms with van der Waals surface area (Å²) in [6.45, 7) is 6.36.